The van der Waals surface area contributed by atoms with E-state index in [1.807, 2.05) is 42.3 Å². The van der Waals surface area contributed by atoms with Gasteiger partial charge in [-0.05, 0) is 29.8 Å². The zero-order valence-corrected chi connectivity index (χ0v) is 15.8. The summed E-state index contributed by atoms with van der Waals surface area (Å²) in [5.41, 5.74) is 2.17. The molecule has 27 heavy (non-hydrogen) atoms. The normalized spacial score (nSPS) is 17.2. The van der Waals surface area contributed by atoms with Crippen molar-refractivity contribution in [3.05, 3.63) is 77.5 Å². The SMILES string of the molecule is CN1\C(=C/C=N/N=C(\O)c2ccccc2)C(CO)(CO)c2ccccc21.[Co]. The van der Waals surface area contributed by atoms with Gasteiger partial charge in [0.25, 0.3) is 0 Å². The van der Waals surface area contributed by atoms with E-state index < -0.39 is 5.41 Å². The number of allylic oxidation sites excluding steroid dienone is 1. The van der Waals surface area contributed by atoms with Gasteiger partial charge in [0.05, 0.1) is 24.8 Å². The third kappa shape index (κ3) is 3.81. The Balaban J connectivity index is 0.00000261. The summed E-state index contributed by atoms with van der Waals surface area (Å²) in [4.78, 5) is 1.91. The fourth-order valence-corrected chi connectivity index (χ4v) is 3.25. The number of likely N-dealkylation sites (N-methyl/N-ethyl adjacent to an activating group) is 1. The van der Waals surface area contributed by atoms with Gasteiger partial charge in [0.2, 0.25) is 5.90 Å². The maximum absolute atomic E-state index is 10.0. The van der Waals surface area contributed by atoms with Crippen molar-refractivity contribution in [2.24, 2.45) is 10.2 Å². The van der Waals surface area contributed by atoms with Gasteiger partial charge in [-0.25, -0.2) is 0 Å². The van der Waals surface area contributed by atoms with Crippen LogP contribution in [0, 0.1) is 0 Å². The van der Waals surface area contributed by atoms with E-state index in [0.29, 0.717) is 11.3 Å². The van der Waals surface area contributed by atoms with Crippen molar-refractivity contribution >= 4 is 17.8 Å². The van der Waals surface area contributed by atoms with Crippen molar-refractivity contribution in [1.82, 2.24) is 0 Å². The van der Waals surface area contributed by atoms with Crippen molar-refractivity contribution in [1.29, 1.82) is 0 Å². The second-order valence-electron chi connectivity index (χ2n) is 6.08. The molecule has 0 aliphatic carbocycles. The molecule has 1 heterocycles. The second kappa shape index (κ2) is 8.96. The van der Waals surface area contributed by atoms with Gasteiger partial charge in [0.1, 0.15) is 0 Å². The number of rotatable bonds is 5. The Morgan fingerprint density at radius 3 is 2.33 bits per heavy atom. The Morgan fingerprint density at radius 2 is 1.67 bits per heavy atom. The van der Waals surface area contributed by atoms with Crippen molar-refractivity contribution < 1.29 is 32.1 Å². The summed E-state index contributed by atoms with van der Waals surface area (Å²) in [5, 5.41) is 37.6. The van der Waals surface area contributed by atoms with Crippen LogP contribution >= 0.6 is 0 Å². The van der Waals surface area contributed by atoms with E-state index in [0.717, 1.165) is 11.3 Å². The van der Waals surface area contributed by atoms with Crippen molar-refractivity contribution in [2.45, 2.75) is 5.41 Å². The van der Waals surface area contributed by atoms with Crippen LogP contribution in [0.5, 0.6) is 0 Å². The molecule has 0 amide bonds. The summed E-state index contributed by atoms with van der Waals surface area (Å²) in [6.45, 7) is -0.466. The molecule has 3 N–H and O–H groups in total. The first-order chi connectivity index (χ1) is 12.6. The molecule has 2 aromatic carbocycles. The predicted molar refractivity (Wildman–Crippen MR) is 103 cm³/mol. The van der Waals surface area contributed by atoms with Gasteiger partial charge in [0, 0.05) is 40.8 Å². The summed E-state index contributed by atoms with van der Waals surface area (Å²) in [6.07, 6.45) is 3.13. The first kappa shape index (κ1) is 20.9. The molecule has 0 fully saturated rings. The zero-order chi connectivity index (χ0) is 18.6. The van der Waals surface area contributed by atoms with Crippen molar-refractivity contribution in [2.75, 3.05) is 25.2 Å². The first-order valence-electron chi connectivity index (χ1n) is 8.25. The molecule has 0 aromatic heterocycles. The van der Waals surface area contributed by atoms with E-state index in [4.69, 9.17) is 0 Å². The minimum absolute atomic E-state index is 0. The molecule has 1 aliphatic heterocycles. The number of aliphatic hydroxyl groups excluding tert-OH is 3. The molecule has 0 bridgehead atoms. The molecule has 0 saturated carbocycles. The van der Waals surface area contributed by atoms with Crippen LogP contribution in [-0.4, -0.2) is 47.7 Å². The maximum Gasteiger partial charge on any atom is 0.238 e. The standard InChI is InChI=1S/C20H21N3O3.Co/c1-23-17-10-6-5-9-16(17)20(13-24,14-25)18(23)11-12-21-22-19(26)15-7-3-2-4-8-15;/h2-12,24-25H,13-14H2,1H3,(H,22,26);/b18-11-,21-12+;. The number of hydrogen-bond donors (Lipinski definition) is 3. The fourth-order valence-electron chi connectivity index (χ4n) is 3.25. The third-order valence-corrected chi connectivity index (χ3v) is 4.66. The third-order valence-electron chi connectivity index (χ3n) is 4.66. The molecule has 3 rings (SSSR count). The van der Waals surface area contributed by atoms with E-state index in [9.17, 15) is 15.3 Å². The van der Waals surface area contributed by atoms with Crippen molar-refractivity contribution in [3.63, 3.8) is 0 Å². The minimum atomic E-state index is -0.900. The Morgan fingerprint density at radius 1 is 1.04 bits per heavy atom. The Labute approximate surface area is 168 Å². The molecule has 0 spiro atoms. The van der Waals surface area contributed by atoms with E-state index in [2.05, 4.69) is 10.2 Å². The van der Waals surface area contributed by atoms with Crippen molar-refractivity contribution in [3.8, 4) is 0 Å². The van der Waals surface area contributed by atoms with Crippen LogP contribution < -0.4 is 4.90 Å². The molecule has 143 valence electrons. The summed E-state index contributed by atoms with van der Waals surface area (Å²) in [6, 6.07) is 16.5. The van der Waals surface area contributed by atoms with Gasteiger partial charge in [-0.1, -0.05) is 36.4 Å². The smallest absolute Gasteiger partial charge is 0.238 e. The number of nitrogens with zero attached hydrogens (tertiary/aromatic N) is 3. The van der Waals surface area contributed by atoms with Crippen LogP contribution in [0.25, 0.3) is 0 Å². The van der Waals surface area contributed by atoms with E-state index in [-0.39, 0.29) is 35.9 Å². The summed E-state index contributed by atoms with van der Waals surface area (Å²) < 4.78 is 0. The number of para-hydroxylation sites is 1. The van der Waals surface area contributed by atoms with Crippen LogP contribution in [0.4, 0.5) is 5.69 Å². The number of fused-ring (bicyclic) bond motifs is 1. The van der Waals surface area contributed by atoms with E-state index in [1.165, 1.54) is 6.21 Å². The Kier molecular flexibility index (Phi) is 6.92. The molecule has 1 radical (unpaired) electrons. The number of benzene rings is 2. The van der Waals surface area contributed by atoms with E-state index in [1.54, 1.807) is 30.3 Å². The Bertz CT molecular complexity index is 862. The van der Waals surface area contributed by atoms with Crippen LogP contribution in [0.15, 0.2) is 76.6 Å². The average Bonchev–Trinajstić information content (AvgIpc) is 2.94. The van der Waals surface area contributed by atoms with Crippen LogP contribution in [0.3, 0.4) is 0 Å². The van der Waals surface area contributed by atoms with Crippen LogP contribution in [-0.2, 0) is 22.2 Å². The van der Waals surface area contributed by atoms with Gasteiger partial charge >= 0.3 is 0 Å². The number of hydrogen-bond acceptors (Lipinski definition) is 5. The summed E-state index contributed by atoms with van der Waals surface area (Å²) >= 11 is 0. The quantitative estimate of drug-likeness (QED) is 0.401. The summed E-state index contributed by atoms with van der Waals surface area (Å²) in [5.74, 6) is -0.182. The second-order valence-corrected chi connectivity index (χ2v) is 6.08. The first-order valence-corrected chi connectivity index (χ1v) is 8.25. The topological polar surface area (TPSA) is 88.7 Å². The molecule has 6 nitrogen and oxygen atoms in total. The number of aliphatic hydroxyl groups is 3. The summed E-state index contributed by atoms with van der Waals surface area (Å²) in [7, 11) is 1.87. The van der Waals surface area contributed by atoms with Gasteiger partial charge in [-0.3, -0.25) is 0 Å². The molecule has 7 heteroatoms. The molecular formula is C20H21CoN3O3. The largest absolute Gasteiger partial charge is 0.492 e. The van der Waals surface area contributed by atoms with Gasteiger partial charge in [-0.15, -0.1) is 5.10 Å². The maximum atomic E-state index is 10.0. The van der Waals surface area contributed by atoms with Gasteiger partial charge in [0.15, 0.2) is 0 Å². The average molecular weight is 410 g/mol. The monoisotopic (exact) mass is 410 g/mol. The molecule has 0 saturated heterocycles. The zero-order valence-electron chi connectivity index (χ0n) is 14.8. The molecule has 0 unspecified atom stereocenters. The van der Waals surface area contributed by atoms with Gasteiger partial charge in [-0.2, -0.15) is 5.10 Å². The van der Waals surface area contributed by atoms with E-state index >= 15 is 0 Å². The van der Waals surface area contributed by atoms with Gasteiger partial charge < -0.3 is 20.2 Å². The Hall–Kier alpha value is -2.45. The van der Waals surface area contributed by atoms with Crippen LogP contribution in [0.1, 0.15) is 11.1 Å². The van der Waals surface area contributed by atoms with Crippen LogP contribution in [0.2, 0.25) is 0 Å². The molecular weight excluding hydrogens is 389 g/mol. The predicted octanol–water partition coefficient (Wildman–Crippen LogP) is 2.23. The fraction of sp³-hybridized carbons (Fsp3) is 0.200. The molecule has 0 atom stereocenters. The number of anilines is 1. The molecule has 2 aromatic rings. The molecule has 1 aliphatic rings. The minimum Gasteiger partial charge on any atom is -0.492 e.